The van der Waals surface area contributed by atoms with Gasteiger partial charge in [0.2, 0.25) is 11.8 Å². The van der Waals surface area contributed by atoms with E-state index in [2.05, 4.69) is 10.6 Å². The van der Waals surface area contributed by atoms with Crippen LogP contribution in [0.2, 0.25) is 0 Å². The molecule has 3 N–H and O–H groups in total. The molecule has 0 radical (unpaired) electrons. The summed E-state index contributed by atoms with van der Waals surface area (Å²) in [5, 5.41) is 13.9. The third kappa shape index (κ3) is 4.96. The van der Waals surface area contributed by atoms with Crippen LogP contribution in [0.4, 0.5) is 13.2 Å². The number of hydrogen-bond donors (Lipinski definition) is 3. The highest BCUT2D eigenvalue weighted by Crippen LogP contribution is 2.30. The van der Waals surface area contributed by atoms with E-state index in [-0.39, 0.29) is 38.0 Å². The highest BCUT2D eigenvalue weighted by molar-refractivity contribution is 5.80. The van der Waals surface area contributed by atoms with Crippen molar-refractivity contribution >= 4 is 17.8 Å². The van der Waals surface area contributed by atoms with Crippen molar-refractivity contribution < 1.29 is 32.7 Å². The maximum Gasteiger partial charge on any atom is 0.303 e. The number of carboxylic acid groups (broad SMARTS) is 1. The number of carbonyl (C=O) groups excluding carboxylic acids is 2. The van der Waals surface area contributed by atoms with Crippen LogP contribution in [0.25, 0.3) is 0 Å². The van der Waals surface area contributed by atoms with Crippen LogP contribution in [0.15, 0.2) is 12.1 Å². The van der Waals surface area contributed by atoms with Gasteiger partial charge in [-0.15, -0.1) is 0 Å². The van der Waals surface area contributed by atoms with E-state index in [4.69, 9.17) is 5.11 Å². The second-order valence-electron chi connectivity index (χ2n) is 6.32. The highest BCUT2D eigenvalue weighted by atomic mass is 19.2. The van der Waals surface area contributed by atoms with Crippen molar-refractivity contribution in [2.24, 2.45) is 0 Å². The van der Waals surface area contributed by atoms with E-state index in [0.717, 1.165) is 6.07 Å². The number of carbonyl (C=O) groups is 3. The molecule has 0 aliphatic carbocycles. The molecule has 1 fully saturated rings. The Morgan fingerprint density at radius 1 is 1.15 bits per heavy atom. The molecule has 1 saturated heterocycles. The average molecular weight is 372 g/mol. The molecule has 6 nitrogen and oxygen atoms in total. The van der Waals surface area contributed by atoms with Gasteiger partial charge in [0.1, 0.15) is 5.82 Å². The Labute approximate surface area is 147 Å². The molecular weight excluding hydrogens is 353 g/mol. The lowest BCUT2D eigenvalue weighted by atomic mass is 9.86. The number of rotatable bonds is 8. The van der Waals surface area contributed by atoms with E-state index < -0.39 is 47.0 Å². The summed E-state index contributed by atoms with van der Waals surface area (Å²) in [7, 11) is 0. The molecule has 26 heavy (non-hydrogen) atoms. The van der Waals surface area contributed by atoms with E-state index in [1.54, 1.807) is 0 Å². The predicted molar refractivity (Wildman–Crippen MR) is 84.4 cm³/mol. The van der Waals surface area contributed by atoms with Gasteiger partial charge in [0, 0.05) is 36.9 Å². The molecule has 1 heterocycles. The first kappa shape index (κ1) is 19.7. The van der Waals surface area contributed by atoms with Crippen molar-refractivity contribution in [3.63, 3.8) is 0 Å². The van der Waals surface area contributed by atoms with Crippen LogP contribution in [0.3, 0.4) is 0 Å². The van der Waals surface area contributed by atoms with Gasteiger partial charge in [-0.1, -0.05) is 0 Å². The minimum Gasteiger partial charge on any atom is -0.481 e. The van der Waals surface area contributed by atoms with Gasteiger partial charge in [0.05, 0.1) is 0 Å². The summed E-state index contributed by atoms with van der Waals surface area (Å²) in [5.74, 6) is -5.29. The van der Waals surface area contributed by atoms with Gasteiger partial charge in [-0.2, -0.15) is 0 Å². The fourth-order valence-corrected chi connectivity index (χ4v) is 2.98. The molecule has 9 heteroatoms. The Morgan fingerprint density at radius 2 is 1.81 bits per heavy atom. The number of amides is 2. The molecule has 1 aromatic carbocycles. The second-order valence-corrected chi connectivity index (χ2v) is 6.32. The van der Waals surface area contributed by atoms with Crippen LogP contribution in [-0.4, -0.2) is 28.4 Å². The SMILES string of the molecule is O=C(O)CCC1(CCC(=O)NCc2c(F)ccc(F)c2F)CCC(=O)N1. The molecular formula is C17H19F3N2O4. The normalized spacial score (nSPS) is 19.3. The van der Waals surface area contributed by atoms with Gasteiger partial charge in [-0.05, 0) is 31.4 Å². The zero-order valence-electron chi connectivity index (χ0n) is 13.9. The molecule has 0 saturated carbocycles. The summed E-state index contributed by atoms with van der Waals surface area (Å²) in [6.45, 7) is -0.511. The quantitative estimate of drug-likeness (QED) is 0.609. The lowest BCUT2D eigenvalue weighted by Crippen LogP contribution is -2.43. The number of hydrogen-bond acceptors (Lipinski definition) is 3. The number of halogens is 3. The molecule has 1 atom stereocenters. The molecule has 1 aliphatic heterocycles. The molecule has 0 spiro atoms. The van der Waals surface area contributed by atoms with E-state index in [0.29, 0.717) is 12.5 Å². The Balaban J connectivity index is 1.91. The van der Waals surface area contributed by atoms with E-state index in [9.17, 15) is 27.6 Å². The Morgan fingerprint density at radius 3 is 2.42 bits per heavy atom. The Hall–Kier alpha value is -2.58. The van der Waals surface area contributed by atoms with Crippen molar-refractivity contribution in [1.29, 1.82) is 0 Å². The maximum absolute atomic E-state index is 13.6. The maximum atomic E-state index is 13.6. The van der Waals surface area contributed by atoms with Gasteiger partial charge >= 0.3 is 5.97 Å². The first-order valence-corrected chi connectivity index (χ1v) is 8.14. The first-order valence-electron chi connectivity index (χ1n) is 8.14. The molecule has 2 amide bonds. The minimum absolute atomic E-state index is 0.0710. The second kappa shape index (κ2) is 8.20. The third-order valence-corrected chi connectivity index (χ3v) is 4.48. The van der Waals surface area contributed by atoms with E-state index in [1.165, 1.54) is 0 Å². The minimum atomic E-state index is -1.36. The molecule has 0 bridgehead atoms. The van der Waals surface area contributed by atoms with E-state index >= 15 is 0 Å². The summed E-state index contributed by atoms with van der Waals surface area (Å²) < 4.78 is 40.2. The summed E-state index contributed by atoms with van der Waals surface area (Å²) >= 11 is 0. The molecule has 1 aliphatic rings. The van der Waals surface area contributed by atoms with Crippen molar-refractivity contribution in [2.75, 3.05) is 0 Å². The molecule has 0 aromatic heterocycles. The largest absolute Gasteiger partial charge is 0.481 e. The first-order chi connectivity index (χ1) is 12.2. The van der Waals surface area contributed by atoms with Gasteiger partial charge in [0.25, 0.3) is 0 Å². The number of benzene rings is 1. The van der Waals surface area contributed by atoms with Crippen molar-refractivity contribution in [1.82, 2.24) is 10.6 Å². The third-order valence-electron chi connectivity index (χ3n) is 4.48. The van der Waals surface area contributed by atoms with Gasteiger partial charge in [-0.25, -0.2) is 13.2 Å². The van der Waals surface area contributed by atoms with Gasteiger partial charge in [-0.3, -0.25) is 14.4 Å². The smallest absolute Gasteiger partial charge is 0.303 e. The number of aliphatic carboxylic acids is 1. The monoisotopic (exact) mass is 372 g/mol. The fourth-order valence-electron chi connectivity index (χ4n) is 2.98. The zero-order chi connectivity index (χ0) is 19.3. The van der Waals surface area contributed by atoms with Crippen LogP contribution < -0.4 is 10.6 Å². The molecule has 2 rings (SSSR count). The summed E-state index contributed by atoms with van der Waals surface area (Å²) in [5.41, 5.74) is -1.35. The Kier molecular flexibility index (Phi) is 6.23. The van der Waals surface area contributed by atoms with Crippen molar-refractivity contribution in [3.05, 3.63) is 35.1 Å². The van der Waals surface area contributed by atoms with Crippen molar-refractivity contribution in [2.45, 2.75) is 50.6 Å². The van der Waals surface area contributed by atoms with Crippen LogP contribution in [0.1, 0.15) is 44.1 Å². The summed E-state index contributed by atoms with van der Waals surface area (Å²) in [4.78, 5) is 34.2. The zero-order valence-corrected chi connectivity index (χ0v) is 13.9. The molecule has 142 valence electrons. The van der Waals surface area contributed by atoms with Gasteiger partial charge in [0.15, 0.2) is 11.6 Å². The van der Waals surface area contributed by atoms with Crippen LogP contribution >= 0.6 is 0 Å². The van der Waals surface area contributed by atoms with Gasteiger partial charge < -0.3 is 15.7 Å². The molecule has 1 aromatic rings. The lowest BCUT2D eigenvalue weighted by Gasteiger charge is -2.28. The highest BCUT2D eigenvalue weighted by Gasteiger charge is 2.37. The Bertz CT molecular complexity index is 726. The van der Waals surface area contributed by atoms with Crippen molar-refractivity contribution in [3.8, 4) is 0 Å². The lowest BCUT2D eigenvalue weighted by molar-refractivity contribution is -0.137. The van der Waals surface area contributed by atoms with Crippen LogP contribution in [0.5, 0.6) is 0 Å². The average Bonchev–Trinajstić information content (AvgIpc) is 2.96. The number of carboxylic acids is 1. The summed E-state index contributed by atoms with van der Waals surface area (Å²) in [6, 6.07) is 1.43. The molecule has 1 unspecified atom stereocenters. The fraction of sp³-hybridized carbons (Fsp3) is 0.471. The van der Waals surface area contributed by atoms with E-state index in [1.807, 2.05) is 0 Å². The predicted octanol–water partition coefficient (Wildman–Crippen LogP) is 2.01. The van der Waals surface area contributed by atoms with Crippen LogP contribution in [0, 0.1) is 17.5 Å². The number of nitrogens with one attached hydrogen (secondary N) is 2. The topological polar surface area (TPSA) is 95.5 Å². The standard InChI is InChI=1S/C17H19F3N2O4/c18-11-1-2-12(19)16(20)10(11)9-21-13(23)3-6-17(8-5-15(25)26)7-4-14(24)22-17/h1-2H,3-9H2,(H,21,23)(H,22,24)(H,25,26). The summed E-state index contributed by atoms with van der Waals surface area (Å²) in [6.07, 6.45) is 0.834. The van der Waals surface area contributed by atoms with Crippen LogP contribution in [-0.2, 0) is 20.9 Å².